The fourth-order valence-electron chi connectivity index (χ4n) is 4.95. The fraction of sp³-hybridized carbons (Fsp3) is 0.355. The molecule has 188 valence electrons. The van der Waals surface area contributed by atoms with E-state index in [1.807, 2.05) is 61.5 Å². The van der Waals surface area contributed by atoms with Gasteiger partial charge in [-0.05, 0) is 53.3 Å². The Morgan fingerprint density at radius 3 is 2.42 bits per heavy atom. The summed E-state index contributed by atoms with van der Waals surface area (Å²) in [5.41, 5.74) is 2.16. The number of amides is 1. The summed E-state index contributed by atoms with van der Waals surface area (Å²) < 4.78 is 5.83. The first-order valence-electron chi connectivity index (χ1n) is 12.7. The van der Waals surface area contributed by atoms with Gasteiger partial charge in [-0.25, -0.2) is 0 Å². The Morgan fingerprint density at radius 2 is 1.72 bits per heavy atom. The molecule has 1 atom stereocenters. The minimum atomic E-state index is -0.660. The average molecular weight is 486 g/mol. The van der Waals surface area contributed by atoms with Crippen LogP contribution in [-0.4, -0.2) is 34.8 Å². The predicted octanol–water partition coefficient (Wildman–Crippen LogP) is 6.76. The lowest BCUT2D eigenvalue weighted by atomic mass is 9.84. The number of rotatable bonds is 7. The van der Waals surface area contributed by atoms with E-state index in [0.717, 1.165) is 40.5 Å². The lowest BCUT2D eigenvalue weighted by Gasteiger charge is -2.27. The molecule has 0 saturated carbocycles. The molecule has 1 unspecified atom stereocenters. The molecule has 1 heterocycles. The van der Waals surface area contributed by atoms with Gasteiger partial charge in [-0.2, -0.15) is 0 Å². The topological polar surface area (TPSA) is 66.8 Å². The molecule has 5 nitrogen and oxygen atoms in total. The number of aliphatic hydroxyl groups is 1. The average Bonchev–Trinajstić information content (AvgIpc) is 3.11. The molecular formula is C31H35NO4. The maximum atomic E-state index is 13.4. The van der Waals surface area contributed by atoms with Gasteiger partial charge in [-0.1, -0.05) is 76.6 Å². The Labute approximate surface area is 213 Å². The largest absolute Gasteiger partial charge is 0.507 e. The van der Waals surface area contributed by atoms with Gasteiger partial charge in [0.2, 0.25) is 0 Å². The smallest absolute Gasteiger partial charge is 0.295 e. The van der Waals surface area contributed by atoms with Crippen LogP contribution in [0.5, 0.6) is 5.75 Å². The van der Waals surface area contributed by atoms with Crippen molar-refractivity contribution in [2.45, 2.75) is 58.9 Å². The molecule has 4 rings (SSSR count). The second kappa shape index (κ2) is 10.2. The summed E-state index contributed by atoms with van der Waals surface area (Å²) in [7, 11) is 0. The van der Waals surface area contributed by atoms with E-state index >= 15 is 0 Å². The molecule has 36 heavy (non-hydrogen) atoms. The molecule has 0 spiro atoms. The van der Waals surface area contributed by atoms with E-state index < -0.39 is 17.7 Å². The molecule has 1 aliphatic heterocycles. The van der Waals surface area contributed by atoms with Gasteiger partial charge in [0.05, 0.1) is 18.2 Å². The summed E-state index contributed by atoms with van der Waals surface area (Å²) in [6.45, 7) is 11.2. The first-order valence-corrected chi connectivity index (χ1v) is 12.7. The van der Waals surface area contributed by atoms with Gasteiger partial charge in [-0.15, -0.1) is 0 Å². The molecule has 1 fully saturated rings. The summed E-state index contributed by atoms with van der Waals surface area (Å²) in [5, 5.41) is 13.6. The number of benzene rings is 3. The number of hydrogen-bond donors (Lipinski definition) is 1. The molecule has 0 bridgehead atoms. The third-order valence-electron chi connectivity index (χ3n) is 6.77. The molecule has 0 aromatic heterocycles. The van der Waals surface area contributed by atoms with Crippen molar-refractivity contribution in [1.82, 2.24) is 4.90 Å². The monoisotopic (exact) mass is 485 g/mol. The van der Waals surface area contributed by atoms with Gasteiger partial charge in [0, 0.05) is 17.7 Å². The molecule has 1 N–H and O–H groups in total. The molecule has 0 radical (unpaired) electrons. The van der Waals surface area contributed by atoms with E-state index in [9.17, 15) is 14.7 Å². The van der Waals surface area contributed by atoms with Gasteiger partial charge < -0.3 is 14.7 Å². The second-order valence-corrected chi connectivity index (χ2v) is 10.3. The Balaban J connectivity index is 1.95. The lowest BCUT2D eigenvalue weighted by molar-refractivity contribution is -0.139. The molecule has 1 saturated heterocycles. The Hall–Kier alpha value is -3.60. The highest BCUT2D eigenvalue weighted by atomic mass is 16.5. The number of hydrogen-bond acceptors (Lipinski definition) is 4. The third kappa shape index (κ3) is 4.62. The van der Waals surface area contributed by atoms with Crippen molar-refractivity contribution >= 4 is 28.2 Å². The van der Waals surface area contributed by atoms with Crippen molar-refractivity contribution in [3.8, 4) is 5.75 Å². The predicted molar refractivity (Wildman–Crippen MR) is 144 cm³/mol. The number of ether oxygens (including phenoxy) is 1. The normalized spacial score (nSPS) is 17.7. The minimum absolute atomic E-state index is 0.136. The molecule has 1 amide bonds. The van der Waals surface area contributed by atoms with Crippen LogP contribution in [0.3, 0.4) is 0 Å². The molecule has 3 aromatic rings. The number of aliphatic hydroxyl groups excluding tert-OH is 1. The number of fused-ring (bicyclic) bond motifs is 1. The zero-order chi connectivity index (χ0) is 26.0. The van der Waals surface area contributed by atoms with E-state index in [2.05, 4.69) is 27.7 Å². The van der Waals surface area contributed by atoms with E-state index in [0.29, 0.717) is 18.7 Å². The van der Waals surface area contributed by atoms with Crippen LogP contribution in [0.15, 0.2) is 66.2 Å². The lowest BCUT2D eigenvalue weighted by Crippen LogP contribution is -2.30. The first-order chi connectivity index (χ1) is 17.2. The summed E-state index contributed by atoms with van der Waals surface area (Å²) in [6.07, 6.45) is 1.66. The first kappa shape index (κ1) is 25.5. The minimum Gasteiger partial charge on any atom is -0.507 e. The number of carbonyl (C=O) groups is 2. The highest BCUT2D eigenvalue weighted by Gasteiger charge is 2.46. The van der Waals surface area contributed by atoms with Crippen LogP contribution in [0, 0.1) is 0 Å². The second-order valence-electron chi connectivity index (χ2n) is 10.3. The van der Waals surface area contributed by atoms with Crippen LogP contribution in [0.25, 0.3) is 16.5 Å². The van der Waals surface area contributed by atoms with Gasteiger partial charge in [0.25, 0.3) is 11.7 Å². The van der Waals surface area contributed by atoms with E-state index in [-0.39, 0.29) is 16.7 Å². The Morgan fingerprint density at radius 1 is 1.00 bits per heavy atom. The van der Waals surface area contributed by atoms with Crippen molar-refractivity contribution in [1.29, 1.82) is 0 Å². The maximum Gasteiger partial charge on any atom is 0.295 e. The SMILES string of the molecule is CCCCN1C(=O)C(=O)/C(=C(/O)c2ccc(OCC)c(C(C)(C)C)c2)C1c1cccc2ccccc12. The Bertz CT molecular complexity index is 1330. The van der Waals surface area contributed by atoms with Crippen molar-refractivity contribution in [2.24, 2.45) is 0 Å². The highest BCUT2D eigenvalue weighted by molar-refractivity contribution is 6.46. The standard InChI is InChI=1S/C31H35NO4/c1-6-8-18-32-27(23-15-11-13-20-12-9-10-14-22(20)23)26(29(34)30(32)35)28(33)21-16-17-25(36-7-2)24(19-21)31(3,4)5/h9-17,19,27,33H,6-8,18H2,1-5H3/b28-26+. The van der Waals surface area contributed by atoms with Crippen LogP contribution in [0.2, 0.25) is 0 Å². The van der Waals surface area contributed by atoms with Crippen LogP contribution in [0.1, 0.15) is 70.2 Å². The Kier molecular flexibility index (Phi) is 7.21. The summed E-state index contributed by atoms with van der Waals surface area (Å²) in [5.74, 6) is -0.618. The number of nitrogens with zero attached hydrogens (tertiary/aromatic N) is 1. The number of unbranched alkanes of at least 4 members (excludes halogenated alkanes) is 1. The molecule has 3 aromatic carbocycles. The maximum absolute atomic E-state index is 13.4. The number of likely N-dealkylation sites (tertiary alicyclic amines) is 1. The zero-order valence-electron chi connectivity index (χ0n) is 21.8. The number of carbonyl (C=O) groups excluding carboxylic acids is 2. The van der Waals surface area contributed by atoms with Crippen LogP contribution < -0.4 is 4.74 Å². The quantitative estimate of drug-likeness (QED) is 0.228. The number of ketones is 1. The summed E-state index contributed by atoms with van der Waals surface area (Å²) >= 11 is 0. The van der Waals surface area contributed by atoms with Crippen molar-refractivity contribution < 1.29 is 19.4 Å². The van der Waals surface area contributed by atoms with Gasteiger partial charge in [0.15, 0.2) is 0 Å². The van der Waals surface area contributed by atoms with Crippen molar-refractivity contribution in [3.05, 3.63) is 82.9 Å². The fourth-order valence-corrected chi connectivity index (χ4v) is 4.95. The summed E-state index contributed by atoms with van der Waals surface area (Å²) in [4.78, 5) is 28.3. The third-order valence-corrected chi connectivity index (χ3v) is 6.77. The van der Waals surface area contributed by atoms with Crippen molar-refractivity contribution in [2.75, 3.05) is 13.2 Å². The van der Waals surface area contributed by atoms with Crippen LogP contribution >= 0.6 is 0 Å². The number of Topliss-reactive ketones (excluding diaryl/α,β-unsaturated/α-hetero) is 1. The van der Waals surface area contributed by atoms with Crippen molar-refractivity contribution in [3.63, 3.8) is 0 Å². The van der Waals surface area contributed by atoms with E-state index in [4.69, 9.17) is 4.74 Å². The van der Waals surface area contributed by atoms with Gasteiger partial charge in [-0.3, -0.25) is 9.59 Å². The van der Waals surface area contributed by atoms with E-state index in [1.165, 1.54) is 0 Å². The molecular weight excluding hydrogens is 450 g/mol. The summed E-state index contributed by atoms with van der Waals surface area (Å²) in [6, 6.07) is 18.6. The molecule has 0 aliphatic carbocycles. The van der Waals surface area contributed by atoms with Crippen LogP contribution in [-0.2, 0) is 15.0 Å². The van der Waals surface area contributed by atoms with E-state index in [1.54, 1.807) is 11.0 Å². The van der Waals surface area contributed by atoms with Gasteiger partial charge >= 0.3 is 0 Å². The highest BCUT2D eigenvalue weighted by Crippen LogP contribution is 2.43. The zero-order valence-corrected chi connectivity index (χ0v) is 21.8. The molecule has 5 heteroatoms. The van der Waals surface area contributed by atoms with Crippen LogP contribution in [0.4, 0.5) is 0 Å². The van der Waals surface area contributed by atoms with Gasteiger partial charge in [0.1, 0.15) is 11.5 Å². The molecule has 1 aliphatic rings.